The lowest BCUT2D eigenvalue weighted by molar-refractivity contribution is 0.241. The number of sulfonamides is 1. The first-order chi connectivity index (χ1) is 14.4. The van der Waals surface area contributed by atoms with E-state index in [2.05, 4.69) is 10.1 Å². The molecule has 2 heterocycles. The molecule has 30 heavy (non-hydrogen) atoms. The lowest BCUT2D eigenvalue weighted by Crippen LogP contribution is -2.38. The van der Waals surface area contributed by atoms with E-state index in [-0.39, 0.29) is 17.4 Å². The minimum absolute atomic E-state index is 0.0153. The van der Waals surface area contributed by atoms with E-state index in [1.54, 1.807) is 0 Å². The number of nitrogens with zero attached hydrogens (tertiary/aromatic N) is 3. The van der Waals surface area contributed by atoms with Gasteiger partial charge in [-0.3, -0.25) is 0 Å². The molecule has 0 spiro atoms. The lowest BCUT2D eigenvalue weighted by atomic mass is 9.98. The van der Waals surface area contributed by atoms with Crippen molar-refractivity contribution < 1.29 is 22.1 Å². The molecular weight excluding hydrogens is 409 g/mol. The number of halogens is 1. The lowest BCUT2D eigenvalue weighted by Gasteiger charge is -2.29. The predicted molar refractivity (Wildman–Crippen MR) is 107 cm³/mol. The minimum Gasteiger partial charge on any atom is -0.484 e. The van der Waals surface area contributed by atoms with Crippen molar-refractivity contribution in [3.05, 3.63) is 71.6 Å². The number of ether oxygens (including phenoxy) is 1. The van der Waals surface area contributed by atoms with Crippen molar-refractivity contribution in [2.75, 3.05) is 13.1 Å². The van der Waals surface area contributed by atoms with Crippen LogP contribution in [0.15, 0.2) is 57.9 Å². The summed E-state index contributed by atoms with van der Waals surface area (Å²) in [5, 5.41) is 4.05. The Bertz CT molecular complexity index is 1090. The molecule has 0 bridgehead atoms. The van der Waals surface area contributed by atoms with Gasteiger partial charge >= 0.3 is 0 Å². The fourth-order valence-corrected chi connectivity index (χ4v) is 4.85. The number of aromatic nitrogens is 2. The fraction of sp³-hybridized carbons (Fsp3) is 0.333. The highest BCUT2D eigenvalue weighted by Crippen LogP contribution is 2.29. The molecule has 3 aromatic rings. The van der Waals surface area contributed by atoms with E-state index in [9.17, 15) is 12.8 Å². The van der Waals surface area contributed by atoms with Gasteiger partial charge in [0.1, 0.15) is 11.6 Å². The number of piperidine rings is 1. The van der Waals surface area contributed by atoms with Gasteiger partial charge < -0.3 is 9.26 Å². The van der Waals surface area contributed by atoms with Gasteiger partial charge in [0, 0.05) is 19.0 Å². The van der Waals surface area contributed by atoms with Crippen LogP contribution >= 0.6 is 0 Å². The Kier molecular flexibility index (Phi) is 5.83. The summed E-state index contributed by atoms with van der Waals surface area (Å²) in [5.74, 6) is 1.22. The van der Waals surface area contributed by atoms with Gasteiger partial charge in [-0.1, -0.05) is 22.9 Å². The Morgan fingerprint density at radius 1 is 1.10 bits per heavy atom. The number of hydrogen-bond donors (Lipinski definition) is 0. The topological polar surface area (TPSA) is 85.5 Å². The highest BCUT2D eigenvalue weighted by Gasteiger charge is 2.31. The normalized spacial score (nSPS) is 15.9. The Morgan fingerprint density at radius 3 is 2.43 bits per heavy atom. The average molecular weight is 431 g/mol. The highest BCUT2D eigenvalue weighted by atomic mass is 32.2. The zero-order chi connectivity index (χ0) is 21.1. The molecule has 4 rings (SSSR count). The molecule has 158 valence electrons. The maximum absolute atomic E-state index is 13.1. The number of rotatable bonds is 6. The zero-order valence-corrected chi connectivity index (χ0v) is 17.3. The van der Waals surface area contributed by atoms with Crippen molar-refractivity contribution in [3.8, 4) is 5.75 Å². The first-order valence-corrected chi connectivity index (χ1v) is 11.1. The van der Waals surface area contributed by atoms with E-state index >= 15 is 0 Å². The second kappa shape index (κ2) is 8.53. The van der Waals surface area contributed by atoms with Gasteiger partial charge in [0.25, 0.3) is 5.89 Å². The summed E-state index contributed by atoms with van der Waals surface area (Å²) in [7, 11) is -3.64. The minimum atomic E-state index is -3.64. The van der Waals surface area contributed by atoms with Gasteiger partial charge in [-0.2, -0.15) is 9.29 Å². The van der Waals surface area contributed by atoms with Gasteiger partial charge in [-0.25, -0.2) is 12.8 Å². The maximum atomic E-state index is 13.1. The van der Waals surface area contributed by atoms with Crippen LogP contribution in [0.4, 0.5) is 4.39 Å². The van der Waals surface area contributed by atoms with Crippen molar-refractivity contribution in [2.45, 2.75) is 37.2 Å². The Morgan fingerprint density at radius 2 is 1.77 bits per heavy atom. The van der Waals surface area contributed by atoms with Gasteiger partial charge in [0.2, 0.25) is 10.0 Å². The smallest absolute Gasteiger partial charge is 0.264 e. The van der Waals surface area contributed by atoms with Crippen LogP contribution in [0.1, 0.15) is 36.0 Å². The third-order valence-electron chi connectivity index (χ3n) is 5.14. The maximum Gasteiger partial charge on any atom is 0.264 e. The van der Waals surface area contributed by atoms with Crippen LogP contribution in [0.25, 0.3) is 0 Å². The molecule has 0 unspecified atom stereocenters. The van der Waals surface area contributed by atoms with Crippen molar-refractivity contribution in [3.63, 3.8) is 0 Å². The largest absolute Gasteiger partial charge is 0.484 e. The number of benzene rings is 2. The Hall–Kier alpha value is -2.78. The molecule has 1 aliphatic heterocycles. The predicted octanol–water partition coefficient (Wildman–Crippen LogP) is 3.66. The van der Waals surface area contributed by atoms with E-state index in [0.717, 1.165) is 23.4 Å². The molecule has 9 heteroatoms. The van der Waals surface area contributed by atoms with E-state index < -0.39 is 15.8 Å². The van der Waals surface area contributed by atoms with Crippen molar-refractivity contribution in [1.29, 1.82) is 0 Å². The van der Waals surface area contributed by atoms with Gasteiger partial charge in [-0.15, -0.1) is 0 Å². The third-order valence-corrected chi connectivity index (χ3v) is 7.05. The van der Waals surface area contributed by atoms with Gasteiger partial charge in [0.15, 0.2) is 12.4 Å². The number of aryl methyl sites for hydroxylation is 1. The van der Waals surface area contributed by atoms with E-state index in [0.29, 0.717) is 37.6 Å². The molecule has 0 amide bonds. The quantitative estimate of drug-likeness (QED) is 0.592. The molecule has 1 aromatic heterocycles. The summed E-state index contributed by atoms with van der Waals surface area (Å²) in [6.45, 7) is 2.86. The summed E-state index contributed by atoms with van der Waals surface area (Å²) in [5.41, 5.74) is 1.15. The molecular formula is C21H22FN3O4S. The van der Waals surface area contributed by atoms with Crippen LogP contribution in [0, 0.1) is 12.7 Å². The number of hydrogen-bond acceptors (Lipinski definition) is 6. The highest BCUT2D eigenvalue weighted by molar-refractivity contribution is 7.89. The average Bonchev–Trinajstić information content (AvgIpc) is 3.23. The van der Waals surface area contributed by atoms with Gasteiger partial charge in [-0.05, 0) is 56.2 Å². The summed E-state index contributed by atoms with van der Waals surface area (Å²) < 4.78 is 50.9. The first-order valence-electron chi connectivity index (χ1n) is 9.69. The molecule has 0 saturated carbocycles. The first kappa shape index (κ1) is 20.5. The van der Waals surface area contributed by atoms with Gasteiger partial charge in [0.05, 0.1) is 4.90 Å². The van der Waals surface area contributed by atoms with Crippen LogP contribution in [-0.4, -0.2) is 36.0 Å². The molecule has 1 saturated heterocycles. The molecule has 2 aromatic carbocycles. The summed E-state index contributed by atoms with van der Waals surface area (Å²) in [6.07, 6.45) is 1.16. The molecule has 7 nitrogen and oxygen atoms in total. The van der Waals surface area contributed by atoms with Crippen LogP contribution in [-0.2, 0) is 16.6 Å². The Balaban J connectivity index is 1.34. The van der Waals surface area contributed by atoms with Crippen molar-refractivity contribution >= 4 is 10.0 Å². The summed E-state index contributed by atoms with van der Waals surface area (Å²) in [6, 6.07) is 12.6. The van der Waals surface area contributed by atoms with E-state index in [1.165, 1.54) is 16.4 Å². The summed E-state index contributed by atoms with van der Waals surface area (Å²) >= 11 is 0. The molecule has 0 radical (unpaired) electrons. The molecule has 0 aliphatic carbocycles. The van der Waals surface area contributed by atoms with Crippen LogP contribution in [0.5, 0.6) is 5.75 Å². The molecule has 0 atom stereocenters. The molecule has 1 fully saturated rings. The van der Waals surface area contributed by atoms with Crippen LogP contribution in [0.3, 0.4) is 0 Å². The SMILES string of the molecule is Cc1ccc(OCc2nc(C3CCN(S(=O)(=O)c4ccc(F)cc4)CC3)no2)cc1. The molecule has 1 aliphatic rings. The Labute approximate surface area is 174 Å². The second-order valence-electron chi connectivity index (χ2n) is 7.28. The summed E-state index contributed by atoms with van der Waals surface area (Å²) in [4.78, 5) is 4.50. The standard InChI is InChI=1S/C21H22FN3O4S/c1-15-2-6-18(7-3-15)28-14-20-23-21(24-29-20)16-10-12-25(13-11-16)30(26,27)19-8-4-17(22)5-9-19/h2-9,16H,10-14H2,1H3. The van der Waals surface area contributed by atoms with E-state index in [4.69, 9.17) is 9.26 Å². The van der Waals surface area contributed by atoms with Crippen LogP contribution < -0.4 is 4.74 Å². The fourth-order valence-electron chi connectivity index (χ4n) is 3.38. The van der Waals surface area contributed by atoms with Crippen molar-refractivity contribution in [1.82, 2.24) is 14.4 Å². The van der Waals surface area contributed by atoms with Crippen molar-refractivity contribution in [2.24, 2.45) is 0 Å². The van der Waals surface area contributed by atoms with Crippen LogP contribution in [0.2, 0.25) is 0 Å². The monoisotopic (exact) mass is 431 g/mol. The van der Waals surface area contributed by atoms with E-state index in [1.807, 2.05) is 31.2 Å². The zero-order valence-electron chi connectivity index (χ0n) is 16.5. The second-order valence-corrected chi connectivity index (χ2v) is 9.22. The third kappa shape index (κ3) is 4.52. The molecule has 0 N–H and O–H groups in total.